The fourth-order valence-electron chi connectivity index (χ4n) is 4.38. The summed E-state index contributed by atoms with van der Waals surface area (Å²) in [4.78, 5) is 36.7. The molecule has 3 rings (SSSR count). The van der Waals surface area contributed by atoms with Gasteiger partial charge >= 0.3 is 17.9 Å². The van der Waals surface area contributed by atoms with Gasteiger partial charge in [0.1, 0.15) is 23.0 Å². The zero-order valence-corrected chi connectivity index (χ0v) is 28.8. The second kappa shape index (κ2) is 21.3. The van der Waals surface area contributed by atoms with Crippen LogP contribution in [0.25, 0.3) is 0 Å². The quantitative estimate of drug-likeness (QED) is 0.0309. The molecular weight excluding hydrogens is 628 g/mol. The van der Waals surface area contributed by atoms with Gasteiger partial charge in [-0.25, -0.2) is 14.4 Å². The maximum absolute atomic E-state index is 12.8. The average molecular weight is 677 g/mol. The van der Waals surface area contributed by atoms with E-state index < -0.39 is 17.9 Å². The summed E-state index contributed by atoms with van der Waals surface area (Å²) in [6.07, 6.45) is 11.4. The molecule has 0 bridgehead atoms. The zero-order chi connectivity index (χ0) is 35.3. The van der Waals surface area contributed by atoms with Crippen LogP contribution in [0.1, 0.15) is 73.6 Å². The summed E-state index contributed by atoms with van der Waals surface area (Å²) in [5, 5.41) is 0. The van der Waals surface area contributed by atoms with Gasteiger partial charge in [-0.3, -0.25) is 0 Å². The van der Waals surface area contributed by atoms with Gasteiger partial charge in [0.2, 0.25) is 0 Å². The fourth-order valence-corrected chi connectivity index (χ4v) is 4.38. The number of rotatable bonds is 22. The third-order valence-corrected chi connectivity index (χ3v) is 7.22. The molecule has 2 aromatic rings. The van der Waals surface area contributed by atoms with Gasteiger partial charge in [-0.05, 0) is 112 Å². The lowest BCUT2D eigenvalue weighted by atomic mass is 9.90. The molecule has 0 spiro atoms. The van der Waals surface area contributed by atoms with Crippen molar-refractivity contribution in [2.75, 3.05) is 46.2 Å². The lowest BCUT2D eigenvalue weighted by molar-refractivity contribution is -0.138. The molecule has 0 N–H and O–H groups in total. The number of unbranched alkanes of at least 4 members (excludes halogenated alkanes) is 2. The highest BCUT2D eigenvalue weighted by atomic mass is 16.5. The van der Waals surface area contributed by atoms with E-state index in [1.807, 2.05) is 6.92 Å². The van der Waals surface area contributed by atoms with Crippen LogP contribution in [-0.2, 0) is 28.5 Å². The van der Waals surface area contributed by atoms with Gasteiger partial charge in [0, 0.05) is 18.1 Å². The van der Waals surface area contributed by atoms with Crippen molar-refractivity contribution in [1.29, 1.82) is 0 Å². The number of allylic oxidation sites excluding steroid dienone is 4. The molecule has 0 saturated carbocycles. The second-order valence-corrected chi connectivity index (χ2v) is 11.7. The van der Waals surface area contributed by atoms with E-state index in [2.05, 4.69) is 13.5 Å². The van der Waals surface area contributed by atoms with Crippen molar-refractivity contribution in [2.45, 2.75) is 52.9 Å². The molecule has 1 heterocycles. The average Bonchev–Trinajstić information content (AvgIpc) is 3.10. The minimum atomic E-state index is -0.538. The molecule has 1 fully saturated rings. The van der Waals surface area contributed by atoms with Gasteiger partial charge in [0.05, 0.1) is 50.8 Å². The number of carbonyl (C=O) groups excluding carboxylic acids is 3. The Balaban J connectivity index is 1.39. The lowest BCUT2D eigenvalue weighted by Gasteiger charge is -2.37. The molecule has 0 unspecified atom stereocenters. The van der Waals surface area contributed by atoms with Gasteiger partial charge in [-0.2, -0.15) is 0 Å². The first-order valence-electron chi connectivity index (χ1n) is 16.6. The molecule has 0 amide bonds. The molecule has 1 aliphatic heterocycles. The van der Waals surface area contributed by atoms with E-state index >= 15 is 0 Å². The predicted octanol–water partition coefficient (Wildman–Crippen LogP) is 7.55. The van der Waals surface area contributed by atoms with Crippen molar-refractivity contribution >= 4 is 17.9 Å². The minimum Gasteiger partial charge on any atom is -0.494 e. The highest BCUT2D eigenvalue weighted by molar-refractivity contribution is 5.91. The smallest absolute Gasteiger partial charge is 0.343 e. The molecule has 0 aliphatic carbocycles. The number of hydrogen-bond acceptors (Lipinski definition) is 10. The monoisotopic (exact) mass is 676 g/mol. The van der Waals surface area contributed by atoms with Gasteiger partial charge in [0.15, 0.2) is 0 Å². The SMILES string of the molecule is C=CC(=O)OCCCCOc1ccc(C(=O)OC(=CCC)/C=C\C(=C/C)OC(=O)c2ccc(OCCCCOCC3(C)COC3)cc2)cc1. The number of ether oxygens (including phenoxy) is 7. The first kappa shape index (κ1) is 38.8. The standard InChI is InChI=1S/C39H48O10/c1-5-12-35(49-38(42)31-15-19-34(20-16-31)46-25-10-11-26-47-36(40)7-3)22-21-32(6-2)48-37(41)30-13-17-33(18-14-30)45-24-9-8-23-43-27-39(4)28-44-29-39/h6-7,12-22H,3,5,8-11,23-29H2,1-2,4H3/b22-21-,32-6+,35-12?. The molecule has 10 heteroatoms. The Morgan fingerprint density at radius 2 is 1.29 bits per heavy atom. The van der Waals surface area contributed by atoms with Crippen molar-refractivity contribution in [3.8, 4) is 11.5 Å². The summed E-state index contributed by atoms with van der Waals surface area (Å²) < 4.78 is 38.6. The number of carbonyl (C=O) groups is 3. The molecule has 0 atom stereocenters. The summed E-state index contributed by atoms with van der Waals surface area (Å²) >= 11 is 0. The lowest BCUT2D eigenvalue weighted by Crippen LogP contribution is -2.43. The van der Waals surface area contributed by atoms with Crippen LogP contribution in [0.5, 0.6) is 11.5 Å². The Bertz CT molecular complexity index is 1430. The summed E-state index contributed by atoms with van der Waals surface area (Å²) in [5.41, 5.74) is 0.885. The van der Waals surface area contributed by atoms with Crippen molar-refractivity contribution in [2.24, 2.45) is 5.41 Å². The zero-order valence-electron chi connectivity index (χ0n) is 28.8. The van der Waals surface area contributed by atoms with E-state index in [0.29, 0.717) is 79.8 Å². The van der Waals surface area contributed by atoms with Gasteiger partial charge < -0.3 is 33.2 Å². The Kier molecular flexibility index (Phi) is 16.9. The van der Waals surface area contributed by atoms with Crippen LogP contribution < -0.4 is 9.47 Å². The van der Waals surface area contributed by atoms with Gasteiger partial charge in [-0.1, -0.05) is 20.4 Å². The highest BCUT2D eigenvalue weighted by Gasteiger charge is 2.33. The molecule has 264 valence electrons. The largest absolute Gasteiger partial charge is 0.494 e. The predicted molar refractivity (Wildman–Crippen MR) is 185 cm³/mol. The molecule has 0 aromatic heterocycles. The Morgan fingerprint density at radius 3 is 1.78 bits per heavy atom. The van der Waals surface area contributed by atoms with E-state index in [1.165, 1.54) is 0 Å². The van der Waals surface area contributed by atoms with Crippen LogP contribution in [0.15, 0.2) is 97.0 Å². The first-order chi connectivity index (χ1) is 23.7. The fraction of sp³-hybridized carbons (Fsp3) is 0.410. The Hall–Kier alpha value is -4.67. The third-order valence-electron chi connectivity index (χ3n) is 7.22. The maximum atomic E-state index is 12.8. The number of esters is 3. The van der Waals surface area contributed by atoms with Crippen LogP contribution in [-0.4, -0.2) is 64.2 Å². The minimum absolute atomic E-state index is 0.161. The summed E-state index contributed by atoms with van der Waals surface area (Å²) in [5.74, 6) is 0.376. The van der Waals surface area contributed by atoms with Gasteiger partial charge in [0.25, 0.3) is 0 Å². The van der Waals surface area contributed by atoms with E-state index in [-0.39, 0.29) is 5.41 Å². The normalized spacial score (nSPS) is 14.1. The van der Waals surface area contributed by atoms with Crippen LogP contribution in [0.2, 0.25) is 0 Å². The summed E-state index contributed by atoms with van der Waals surface area (Å²) in [6.45, 7) is 13.4. The van der Waals surface area contributed by atoms with Crippen LogP contribution in [0, 0.1) is 5.41 Å². The molecule has 1 saturated heterocycles. The molecular formula is C39H48O10. The molecule has 0 radical (unpaired) electrons. The Labute approximate surface area is 289 Å². The second-order valence-electron chi connectivity index (χ2n) is 11.7. The third kappa shape index (κ3) is 14.5. The van der Waals surface area contributed by atoms with E-state index in [0.717, 1.165) is 38.7 Å². The topological polar surface area (TPSA) is 116 Å². The van der Waals surface area contributed by atoms with Crippen LogP contribution in [0.3, 0.4) is 0 Å². The van der Waals surface area contributed by atoms with Gasteiger partial charge in [-0.15, -0.1) is 0 Å². The van der Waals surface area contributed by atoms with E-state index in [9.17, 15) is 14.4 Å². The van der Waals surface area contributed by atoms with Crippen molar-refractivity contribution < 1.29 is 47.5 Å². The first-order valence-corrected chi connectivity index (χ1v) is 16.6. The highest BCUT2D eigenvalue weighted by Crippen LogP contribution is 2.26. The van der Waals surface area contributed by atoms with Crippen molar-refractivity contribution in [1.82, 2.24) is 0 Å². The molecule has 1 aliphatic rings. The van der Waals surface area contributed by atoms with E-state index in [4.69, 9.17) is 33.2 Å². The maximum Gasteiger partial charge on any atom is 0.343 e. The molecule has 2 aromatic carbocycles. The molecule has 10 nitrogen and oxygen atoms in total. The van der Waals surface area contributed by atoms with Crippen LogP contribution >= 0.6 is 0 Å². The summed E-state index contributed by atoms with van der Waals surface area (Å²) in [6, 6.07) is 13.4. The number of hydrogen-bond donors (Lipinski definition) is 0. The summed E-state index contributed by atoms with van der Waals surface area (Å²) in [7, 11) is 0. The van der Waals surface area contributed by atoms with Crippen molar-refractivity contribution in [3.63, 3.8) is 0 Å². The van der Waals surface area contributed by atoms with E-state index in [1.54, 1.807) is 79.8 Å². The van der Waals surface area contributed by atoms with Crippen molar-refractivity contribution in [3.05, 3.63) is 108 Å². The molecule has 49 heavy (non-hydrogen) atoms. The Morgan fingerprint density at radius 1 is 0.776 bits per heavy atom. The van der Waals surface area contributed by atoms with Crippen LogP contribution in [0.4, 0.5) is 0 Å². The number of benzene rings is 2.